The number of nitrogens with zero attached hydrogens (tertiary/aromatic N) is 2. The minimum atomic E-state index is -4.11. The molecule has 0 aliphatic carbocycles. The molecule has 2 amide bonds. The maximum atomic E-state index is 13.7. The Morgan fingerprint density at radius 2 is 1.53 bits per heavy atom. The van der Waals surface area contributed by atoms with Gasteiger partial charge in [-0.1, -0.05) is 47.5 Å². The molecule has 0 bridgehead atoms. The minimum Gasteiger partial charge on any atom is -0.357 e. The zero-order valence-electron chi connectivity index (χ0n) is 19.5. The lowest BCUT2D eigenvalue weighted by Crippen LogP contribution is -2.50. The van der Waals surface area contributed by atoms with Crippen molar-refractivity contribution in [1.29, 1.82) is 0 Å². The molecule has 11 heteroatoms. The first-order chi connectivity index (χ1) is 17.1. The Balaban J connectivity index is 2.05. The zero-order valence-corrected chi connectivity index (χ0v) is 24.0. The summed E-state index contributed by atoms with van der Waals surface area (Å²) < 4.78 is 29.2. The number of halogens is 3. The maximum Gasteiger partial charge on any atom is 0.264 e. The van der Waals surface area contributed by atoms with Gasteiger partial charge in [0.2, 0.25) is 11.8 Å². The SMILES string of the molecule is CNC(=O)C(C)N(Cc1c(Cl)cccc1Cl)C(=O)CN(c1ccc(I)cc1)S(=O)(=O)c1ccccc1. The number of sulfonamides is 1. The van der Waals surface area contributed by atoms with Crippen LogP contribution in [0.1, 0.15) is 12.5 Å². The Kier molecular flexibility index (Phi) is 9.62. The first kappa shape index (κ1) is 28.2. The van der Waals surface area contributed by atoms with Crippen LogP contribution in [0.2, 0.25) is 10.0 Å². The summed E-state index contributed by atoms with van der Waals surface area (Å²) in [6.07, 6.45) is 0. The highest BCUT2D eigenvalue weighted by atomic mass is 127. The van der Waals surface area contributed by atoms with Crippen molar-refractivity contribution in [2.75, 3.05) is 17.9 Å². The van der Waals surface area contributed by atoms with E-state index in [2.05, 4.69) is 27.9 Å². The van der Waals surface area contributed by atoms with Crippen LogP contribution in [0.15, 0.2) is 77.7 Å². The Morgan fingerprint density at radius 3 is 2.08 bits per heavy atom. The molecule has 36 heavy (non-hydrogen) atoms. The molecule has 3 rings (SSSR count). The third kappa shape index (κ3) is 6.50. The van der Waals surface area contributed by atoms with E-state index in [4.69, 9.17) is 23.2 Å². The van der Waals surface area contributed by atoms with Crippen LogP contribution in [0.4, 0.5) is 5.69 Å². The Hall–Kier alpha value is -2.34. The average molecular weight is 660 g/mol. The molecule has 0 saturated heterocycles. The predicted octanol–water partition coefficient (Wildman–Crippen LogP) is 4.96. The van der Waals surface area contributed by atoms with Crippen LogP contribution in [0.5, 0.6) is 0 Å². The quantitative estimate of drug-likeness (QED) is 0.329. The molecule has 0 aliphatic heterocycles. The van der Waals surface area contributed by atoms with Gasteiger partial charge in [0.25, 0.3) is 10.0 Å². The molecule has 1 N–H and O–H groups in total. The van der Waals surface area contributed by atoms with Gasteiger partial charge in [0, 0.05) is 32.8 Å². The average Bonchev–Trinajstić information content (AvgIpc) is 2.87. The molecule has 3 aromatic carbocycles. The highest BCUT2D eigenvalue weighted by Crippen LogP contribution is 2.28. The number of nitrogens with one attached hydrogen (secondary N) is 1. The number of likely N-dealkylation sites (N-methyl/N-ethyl adjacent to an activating group) is 1. The van der Waals surface area contributed by atoms with E-state index >= 15 is 0 Å². The second kappa shape index (κ2) is 12.3. The fourth-order valence-corrected chi connectivity index (χ4v) is 5.81. The van der Waals surface area contributed by atoms with E-state index in [1.807, 2.05) is 0 Å². The zero-order chi connectivity index (χ0) is 26.5. The second-order valence-electron chi connectivity index (χ2n) is 7.81. The fraction of sp³-hybridized carbons (Fsp3) is 0.200. The van der Waals surface area contributed by atoms with Gasteiger partial charge < -0.3 is 10.2 Å². The van der Waals surface area contributed by atoms with Crippen molar-refractivity contribution in [2.24, 2.45) is 0 Å². The molecular formula is C25H24Cl2IN3O4S. The minimum absolute atomic E-state index is 0.0383. The highest BCUT2D eigenvalue weighted by Gasteiger charge is 2.32. The van der Waals surface area contributed by atoms with E-state index in [1.165, 1.54) is 24.1 Å². The summed E-state index contributed by atoms with van der Waals surface area (Å²) in [6, 6.07) is 18.6. The molecule has 0 aromatic heterocycles. The molecule has 0 spiro atoms. The molecule has 0 saturated carbocycles. The molecule has 0 aliphatic rings. The van der Waals surface area contributed by atoms with Crippen molar-refractivity contribution in [3.05, 3.63) is 92.0 Å². The van der Waals surface area contributed by atoms with E-state index in [0.29, 0.717) is 21.3 Å². The predicted molar refractivity (Wildman–Crippen MR) is 151 cm³/mol. The van der Waals surface area contributed by atoms with Crippen LogP contribution in [-0.2, 0) is 26.2 Å². The number of rotatable bonds is 9. The van der Waals surface area contributed by atoms with E-state index in [1.54, 1.807) is 67.6 Å². The van der Waals surface area contributed by atoms with Crippen LogP contribution in [0, 0.1) is 3.57 Å². The van der Waals surface area contributed by atoms with E-state index in [0.717, 1.165) is 7.88 Å². The normalized spacial score (nSPS) is 12.0. The van der Waals surface area contributed by atoms with Crippen molar-refractivity contribution < 1.29 is 18.0 Å². The van der Waals surface area contributed by atoms with Crippen molar-refractivity contribution in [3.8, 4) is 0 Å². The second-order valence-corrected chi connectivity index (χ2v) is 11.7. The lowest BCUT2D eigenvalue weighted by molar-refractivity contribution is -0.139. The molecule has 1 unspecified atom stereocenters. The first-order valence-electron chi connectivity index (χ1n) is 10.8. The monoisotopic (exact) mass is 659 g/mol. The molecule has 3 aromatic rings. The summed E-state index contributed by atoms with van der Waals surface area (Å²) in [4.78, 5) is 27.5. The Morgan fingerprint density at radius 1 is 0.944 bits per heavy atom. The van der Waals surface area contributed by atoms with Crippen LogP contribution < -0.4 is 9.62 Å². The largest absolute Gasteiger partial charge is 0.357 e. The van der Waals surface area contributed by atoms with Gasteiger partial charge in [-0.3, -0.25) is 13.9 Å². The lowest BCUT2D eigenvalue weighted by Gasteiger charge is -2.32. The number of hydrogen-bond acceptors (Lipinski definition) is 4. The van der Waals surface area contributed by atoms with Gasteiger partial charge in [-0.2, -0.15) is 0 Å². The molecule has 0 heterocycles. The standard InChI is InChI=1S/C25H24Cl2IN3O4S/c1-17(25(33)29-2)30(15-21-22(26)9-6-10-23(21)27)24(32)16-31(19-13-11-18(28)12-14-19)36(34,35)20-7-4-3-5-8-20/h3-14,17H,15-16H2,1-2H3,(H,29,33). The summed E-state index contributed by atoms with van der Waals surface area (Å²) in [5, 5.41) is 3.19. The molecule has 7 nitrogen and oxygen atoms in total. The van der Waals surface area contributed by atoms with Crippen LogP contribution in [-0.4, -0.2) is 44.8 Å². The highest BCUT2D eigenvalue weighted by molar-refractivity contribution is 14.1. The number of amides is 2. The van der Waals surface area contributed by atoms with E-state index < -0.39 is 34.4 Å². The molecule has 190 valence electrons. The van der Waals surface area contributed by atoms with E-state index in [9.17, 15) is 18.0 Å². The van der Waals surface area contributed by atoms with Crippen molar-refractivity contribution in [3.63, 3.8) is 0 Å². The lowest BCUT2D eigenvalue weighted by atomic mass is 10.1. The third-order valence-corrected chi connectivity index (χ3v) is 8.74. The van der Waals surface area contributed by atoms with E-state index in [-0.39, 0.29) is 11.4 Å². The summed E-state index contributed by atoms with van der Waals surface area (Å²) in [5.74, 6) is -1.02. The molecule has 0 fully saturated rings. The van der Waals surface area contributed by atoms with Crippen LogP contribution >= 0.6 is 45.8 Å². The van der Waals surface area contributed by atoms with Crippen LogP contribution in [0.25, 0.3) is 0 Å². The summed E-state index contributed by atoms with van der Waals surface area (Å²) in [6.45, 7) is 0.932. The number of hydrogen-bond donors (Lipinski definition) is 1. The third-order valence-electron chi connectivity index (χ3n) is 5.53. The molecular weight excluding hydrogens is 636 g/mol. The van der Waals surface area contributed by atoms with Gasteiger partial charge >= 0.3 is 0 Å². The first-order valence-corrected chi connectivity index (χ1v) is 14.1. The maximum absolute atomic E-state index is 13.7. The van der Waals surface area contributed by atoms with Gasteiger partial charge in [-0.15, -0.1) is 0 Å². The van der Waals surface area contributed by atoms with Gasteiger partial charge in [0.1, 0.15) is 12.6 Å². The van der Waals surface area contributed by atoms with Crippen molar-refractivity contribution in [2.45, 2.75) is 24.4 Å². The van der Waals surface area contributed by atoms with Gasteiger partial charge in [0.05, 0.1) is 10.6 Å². The number of anilines is 1. The number of carbonyl (C=O) groups is 2. The summed E-state index contributed by atoms with van der Waals surface area (Å²) in [7, 11) is -2.65. The fourth-order valence-electron chi connectivity index (χ4n) is 3.50. The van der Waals surface area contributed by atoms with Gasteiger partial charge in [-0.05, 0) is 78.0 Å². The smallest absolute Gasteiger partial charge is 0.264 e. The number of carbonyl (C=O) groups excluding carboxylic acids is 2. The van der Waals surface area contributed by atoms with Gasteiger partial charge in [-0.25, -0.2) is 8.42 Å². The van der Waals surface area contributed by atoms with Crippen molar-refractivity contribution in [1.82, 2.24) is 10.2 Å². The Bertz CT molecular complexity index is 1320. The Labute approximate surface area is 234 Å². The summed E-state index contributed by atoms with van der Waals surface area (Å²) >= 11 is 14.8. The van der Waals surface area contributed by atoms with Crippen LogP contribution in [0.3, 0.4) is 0 Å². The molecule has 1 atom stereocenters. The molecule has 0 radical (unpaired) electrons. The topological polar surface area (TPSA) is 86.8 Å². The number of benzene rings is 3. The summed E-state index contributed by atoms with van der Waals surface area (Å²) in [5.41, 5.74) is 0.771. The van der Waals surface area contributed by atoms with Gasteiger partial charge in [0.15, 0.2) is 0 Å². The van der Waals surface area contributed by atoms with Crippen molar-refractivity contribution >= 4 is 73.3 Å².